The maximum atomic E-state index is 12.1. The summed E-state index contributed by atoms with van der Waals surface area (Å²) in [5, 5.41) is 6.99. The second-order valence-corrected chi connectivity index (χ2v) is 5.38. The third kappa shape index (κ3) is 3.05. The van der Waals surface area contributed by atoms with Crippen LogP contribution in [0.3, 0.4) is 0 Å². The zero-order valence-corrected chi connectivity index (χ0v) is 11.6. The van der Waals surface area contributed by atoms with Crippen LogP contribution in [0.5, 0.6) is 0 Å². The number of aryl methyl sites for hydroxylation is 1. The van der Waals surface area contributed by atoms with Crippen LogP contribution in [0.15, 0.2) is 0 Å². The first-order chi connectivity index (χ1) is 8.72. The quantitative estimate of drug-likeness (QED) is 0.905. The van der Waals surface area contributed by atoms with Gasteiger partial charge in [-0.2, -0.15) is 0 Å². The Hall–Kier alpha value is -1.01. The lowest BCUT2D eigenvalue weighted by Crippen LogP contribution is -2.41. The van der Waals surface area contributed by atoms with E-state index in [1.165, 1.54) is 0 Å². The topological polar surface area (TPSA) is 64.1 Å². The Balaban J connectivity index is 1.97. The highest BCUT2D eigenvalue weighted by Gasteiger charge is 2.25. The molecule has 0 aliphatic carbocycles. The van der Waals surface area contributed by atoms with Crippen LogP contribution >= 0.6 is 11.5 Å². The van der Waals surface area contributed by atoms with Gasteiger partial charge in [0.15, 0.2) is 0 Å². The Labute approximate surface area is 111 Å². The molecule has 1 aliphatic heterocycles. The van der Waals surface area contributed by atoms with Gasteiger partial charge in [-0.15, -0.1) is 5.10 Å². The van der Waals surface area contributed by atoms with E-state index in [0.29, 0.717) is 16.5 Å². The summed E-state index contributed by atoms with van der Waals surface area (Å²) in [6, 6.07) is 0.225. The lowest BCUT2D eigenvalue weighted by atomic mass is 9.90. The molecule has 2 rings (SSSR count). The highest BCUT2D eigenvalue weighted by atomic mass is 32.1. The summed E-state index contributed by atoms with van der Waals surface area (Å²) in [7, 11) is 0. The first-order valence-electron chi connectivity index (χ1n) is 6.40. The molecule has 1 aliphatic rings. The summed E-state index contributed by atoms with van der Waals surface area (Å²) < 4.78 is 9.16. The van der Waals surface area contributed by atoms with Crippen LogP contribution in [0.1, 0.15) is 41.6 Å². The molecule has 2 heterocycles. The van der Waals surface area contributed by atoms with Gasteiger partial charge in [0.2, 0.25) is 0 Å². The number of carbonyl (C=O) groups is 1. The minimum absolute atomic E-state index is 0.0409. The molecule has 1 N–H and O–H groups in total. The fourth-order valence-corrected chi connectivity index (χ4v) is 2.90. The monoisotopic (exact) mass is 269 g/mol. The minimum atomic E-state index is -0.0409. The number of carbonyl (C=O) groups excluding carboxylic acids is 1. The van der Waals surface area contributed by atoms with Crippen molar-refractivity contribution in [1.29, 1.82) is 0 Å². The van der Waals surface area contributed by atoms with Crippen molar-refractivity contribution >= 4 is 17.4 Å². The van der Waals surface area contributed by atoms with Gasteiger partial charge in [0.1, 0.15) is 4.88 Å². The molecular formula is C12H19N3O2S. The van der Waals surface area contributed by atoms with Crippen molar-refractivity contribution in [2.75, 3.05) is 13.2 Å². The Bertz CT molecular complexity index is 402. The minimum Gasteiger partial charge on any atom is -0.381 e. The van der Waals surface area contributed by atoms with Crippen LogP contribution in [0.25, 0.3) is 0 Å². The average molecular weight is 269 g/mol. The summed E-state index contributed by atoms with van der Waals surface area (Å²) >= 11 is 1.16. The molecule has 1 aromatic rings. The second kappa shape index (κ2) is 6.24. The number of nitrogens with one attached hydrogen (secondary N) is 1. The van der Waals surface area contributed by atoms with Gasteiger partial charge in [-0.05, 0) is 43.6 Å². The molecule has 0 spiro atoms. The van der Waals surface area contributed by atoms with Crippen LogP contribution in [-0.2, 0) is 4.74 Å². The molecule has 1 unspecified atom stereocenters. The van der Waals surface area contributed by atoms with Crippen molar-refractivity contribution in [2.45, 2.75) is 39.2 Å². The molecule has 5 nitrogen and oxygen atoms in total. The number of nitrogens with zero attached hydrogens (tertiary/aromatic N) is 2. The predicted molar refractivity (Wildman–Crippen MR) is 69.7 cm³/mol. The Morgan fingerprint density at radius 2 is 2.28 bits per heavy atom. The van der Waals surface area contributed by atoms with E-state index < -0.39 is 0 Å². The molecule has 1 saturated heterocycles. The maximum Gasteiger partial charge on any atom is 0.265 e. The number of hydrogen-bond donors (Lipinski definition) is 1. The van der Waals surface area contributed by atoms with E-state index in [-0.39, 0.29) is 11.9 Å². The van der Waals surface area contributed by atoms with Gasteiger partial charge >= 0.3 is 0 Å². The van der Waals surface area contributed by atoms with Gasteiger partial charge < -0.3 is 10.1 Å². The van der Waals surface area contributed by atoms with Crippen molar-refractivity contribution in [2.24, 2.45) is 5.92 Å². The first kappa shape index (κ1) is 13.4. The van der Waals surface area contributed by atoms with Gasteiger partial charge in [0.25, 0.3) is 5.91 Å². The number of rotatable bonds is 4. The van der Waals surface area contributed by atoms with E-state index in [4.69, 9.17) is 4.74 Å². The van der Waals surface area contributed by atoms with Crippen molar-refractivity contribution in [3.8, 4) is 0 Å². The molecule has 1 fully saturated rings. The van der Waals surface area contributed by atoms with Crippen molar-refractivity contribution in [1.82, 2.24) is 14.9 Å². The summed E-state index contributed by atoms with van der Waals surface area (Å²) in [6.07, 6.45) is 3.00. The van der Waals surface area contributed by atoms with Crippen molar-refractivity contribution in [3.05, 3.63) is 10.6 Å². The second-order valence-electron chi connectivity index (χ2n) is 4.63. The van der Waals surface area contributed by atoms with E-state index in [2.05, 4.69) is 21.8 Å². The van der Waals surface area contributed by atoms with Gasteiger partial charge in [-0.25, -0.2) is 0 Å². The lowest BCUT2D eigenvalue weighted by Gasteiger charge is -2.30. The third-order valence-electron chi connectivity index (χ3n) is 3.45. The normalized spacial score (nSPS) is 18.6. The molecule has 100 valence electrons. The molecule has 0 aromatic carbocycles. The first-order valence-corrected chi connectivity index (χ1v) is 7.17. The third-order valence-corrected chi connectivity index (χ3v) is 4.28. The van der Waals surface area contributed by atoms with E-state index in [1.54, 1.807) is 0 Å². The molecule has 0 bridgehead atoms. The fourth-order valence-electron chi connectivity index (χ4n) is 2.35. The highest BCUT2D eigenvalue weighted by molar-refractivity contribution is 7.08. The summed E-state index contributed by atoms with van der Waals surface area (Å²) in [6.45, 7) is 5.53. The van der Waals surface area contributed by atoms with E-state index >= 15 is 0 Å². The van der Waals surface area contributed by atoms with Crippen LogP contribution < -0.4 is 5.32 Å². The molecule has 18 heavy (non-hydrogen) atoms. The molecule has 1 amide bonds. The van der Waals surface area contributed by atoms with Gasteiger partial charge in [0.05, 0.1) is 5.69 Å². The summed E-state index contributed by atoms with van der Waals surface area (Å²) in [5.74, 6) is 0.481. The molecule has 1 aromatic heterocycles. The number of hydrogen-bond acceptors (Lipinski definition) is 5. The Morgan fingerprint density at radius 3 is 2.83 bits per heavy atom. The van der Waals surface area contributed by atoms with Crippen LogP contribution in [-0.4, -0.2) is 34.7 Å². The Kier molecular flexibility index (Phi) is 4.66. The van der Waals surface area contributed by atoms with Crippen LogP contribution in [0, 0.1) is 12.8 Å². The van der Waals surface area contributed by atoms with E-state index in [1.807, 2.05) is 6.92 Å². The zero-order valence-electron chi connectivity index (χ0n) is 10.8. The molecular weight excluding hydrogens is 250 g/mol. The van der Waals surface area contributed by atoms with Gasteiger partial charge in [-0.1, -0.05) is 11.4 Å². The van der Waals surface area contributed by atoms with Crippen LogP contribution in [0.2, 0.25) is 0 Å². The number of aromatic nitrogens is 2. The Morgan fingerprint density at radius 1 is 1.56 bits per heavy atom. The lowest BCUT2D eigenvalue weighted by molar-refractivity contribution is 0.0511. The highest BCUT2D eigenvalue weighted by Crippen LogP contribution is 2.21. The number of amides is 1. The largest absolute Gasteiger partial charge is 0.381 e. The average Bonchev–Trinajstić information content (AvgIpc) is 2.83. The van der Waals surface area contributed by atoms with Gasteiger partial charge in [-0.3, -0.25) is 4.79 Å². The van der Waals surface area contributed by atoms with Gasteiger partial charge in [0, 0.05) is 19.3 Å². The molecule has 0 saturated carbocycles. The predicted octanol–water partition coefficient (Wildman–Crippen LogP) is 1.78. The van der Waals surface area contributed by atoms with Crippen molar-refractivity contribution in [3.63, 3.8) is 0 Å². The van der Waals surface area contributed by atoms with E-state index in [9.17, 15) is 4.79 Å². The smallest absolute Gasteiger partial charge is 0.265 e. The maximum absolute atomic E-state index is 12.1. The summed E-state index contributed by atoms with van der Waals surface area (Å²) in [4.78, 5) is 12.8. The molecule has 1 atom stereocenters. The fraction of sp³-hybridized carbons (Fsp3) is 0.750. The standard InChI is InChI=1S/C12H19N3O2S/c1-3-10(9-4-6-17-7-5-9)13-12(16)11-8(2)14-15-18-11/h9-10H,3-7H2,1-2H3,(H,13,16). The van der Waals surface area contributed by atoms with E-state index in [0.717, 1.165) is 44.0 Å². The number of ether oxygens (including phenoxy) is 1. The van der Waals surface area contributed by atoms with Crippen molar-refractivity contribution < 1.29 is 9.53 Å². The van der Waals surface area contributed by atoms with Crippen LogP contribution in [0.4, 0.5) is 0 Å². The molecule has 6 heteroatoms. The SMILES string of the molecule is CCC(NC(=O)c1snnc1C)C1CCOCC1. The molecule has 0 radical (unpaired) electrons. The zero-order chi connectivity index (χ0) is 13.0. The summed E-state index contributed by atoms with van der Waals surface area (Å²) in [5.41, 5.74) is 0.708.